The maximum atomic E-state index is 10.5. The summed E-state index contributed by atoms with van der Waals surface area (Å²) in [5.74, 6) is -0.917. The van der Waals surface area contributed by atoms with Gasteiger partial charge in [0.1, 0.15) is 12.8 Å². The quantitative estimate of drug-likeness (QED) is 0.185. The second-order valence-corrected chi connectivity index (χ2v) is 5.83. The van der Waals surface area contributed by atoms with Gasteiger partial charge in [-0.1, -0.05) is 58.3 Å². The molecule has 0 aliphatic carbocycles. The summed E-state index contributed by atoms with van der Waals surface area (Å²) in [6, 6.07) is 0. The van der Waals surface area contributed by atoms with Crippen molar-refractivity contribution >= 4 is 11.9 Å². The largest absolute Gasteiger partial charge is 1.00 e. The third-order valence-corrected chi connectivity index (χ3v) is 3.61. The molecule has 0 radical (unpaired) electrons. The van der Waals surface area contributed by atoms with Crippen LogP contribution in [0.5, 0.6) is 0 Å². The second kappa shape index (κ2) is 16.6. The maximum Gasteiger partial charge on any atom is 1.00 e. The van der Waals surface area contributed by atoms with E-state index >= 15 is 0 Å². The minimum Gasteiger partial charge on any atom is -1.00 e. The van der Waals surface area contributed by atoms with Crippen LogP contribution in [0.3, 0.4) is 0 Å². The molecule has 0 rings (SSSR count). The van der Waals surface area contributed by atoms with E-state index in [2.05, 4.69) is 11.9 Å². The van der Waals surface area contributed by atoms with E-state index in [9.17, 15) is 9.90 Å². The van der Waals surface area contributed by atoms with Gasteiger partial charge in [0.05, 0.1) is 0 Å². The number of likely N-dealkylation sites (N-methyl/N-ethyl adjacent to an activating group) is 1. The molecule has 23 heavy (non-hydrogen) atoms. The molecule has 0 bridgehead atoms. The fraction of sp³-hybridized carbons (Fsp3) is 0.875. The Kier molecular flexibility index (Phi) is 18.0. The number of hydrogen-bond donors (Lipinski definition) is 3. The number of aliphatic imine (C=N–C) groups is 1. The molecular weight excluding hydrogens is 305 g/mol. The molecule has 0 aliphatic heterocycles. The number of aliphatic carboxylic acids is 1. The van der Waals surface area contributed by atoms with E-state index in [1.165, 1.54) is 56.9 Å². The van der Waals surface area contributed by atoms with Crippen molar-refractivity contribution in [3.05, 3.63) is 0 Å². The van der Waals surface area contributed by atoms with Gasteiger partial charge in [-0.3, -0.25) is 4.79 Å². The number of aliphatic hydroxyl groups excluding tert-OH is 1. The van der Waals surface area contributed by atoms with Crippen LogP contribution in [-0.4, -0.2) is 46.9 Å². The van der Waals surface area contributed by atoms with Crippen molar-refractivity contribution in [3.63, 3.8) is 0 Å². The van der Waals surface area contributed by atoms with E-state index in [0.29, 0.717) is 6.42 Å². The molecular formula is C16H34N3NaO3. The summed E-state index contributed by atoms with van der Waals surface area (Å²) in [6.07, 6.45) is 10.8. The van der Waals surface area contributed by atoms with Crippen LogP contribution in [0.4, 0.5) is 0 Å². The van der Waals surface area contributed by atoms with Gasteiger partial charge in [-0.05, 0) is 12.8 Å². The molecule has 0 saturated carbocycles. The molecule has 0 aromatic heterocycles. The standard InChI is InChI=1S/C16H33N3O3.Na.H/c1-3-4-5-6-7-8-9-10-11-12-14(20)18-16(17)19(2)13-15(21)22;;/h14,20H,3-13H2,1-2H3,(H2,17,18)(H,21,22);;/q;+1;-1. The fourth-order valence-electron chi connectivity index (χ4n) is 2.24. The van der Waals surface area contributed by atoms with Crippen LogP contribution >= 0.6 is 0 Å². The van der Waals surface area contributed by atoms with Crippen LogP contribution in [0.15, 0.2) is 4.99 Å². The van der Waals surface area contributed by atoms with Crippen LogP contribution in [0.25, 0.3) is 0 Å². The number of guanidine groups is 1. The Bertz CT molecular complexity index is 334. The van der Waals surface area contributed by atoms with Gasteiger partial charge in [-0.15, -0.1) is 0 Å². The van der Waals surface area contributed by atoms with E-state index in [0.717, 1.165) is 12.8 Å². The zero-order valence-corrected chi connectivity index (χ0v) is 17.1. The molecule has 0 aliphatic rings. The summed E-state index contributed by atoms with van der Waals surface area (Å²) in [7, 11) is 1.54. The van der Waals surface area contributed by atoms with E-state index in [1.807, 2.05) is 0 Å². The van der Waals surface area contributed by atoms with Gasteiger partial charge in [0.2, 0.25) is 0 Å². The van der Waals surface area contributed by atoms with Gasteiger partial charge >= 0.3 is 35.5 Å². The molecule has 0 aromatic rings. The fourth-order valence-corrected chi connectivity index (χ4v) is 2.24. The molecule has 0 aromatic carbocycles. The smallest absolute Gasteiger partial charge is 1.00 e. The zero-order valence-electron chi connectivity index (χ0n) is 16.1. The molecule has 0 spiro atoms. The number of nitrogens with two attached hydrogens (primary N) is 1. The summed E-state index contributed by atoms with van der Waals surface area (Å²) < 4.78 is 0. The molecule has 0 amide bonds. The van der Waals surface area contributed by atoms with Crippen molar-refractivity contribution in [1.82, 2.24) is 4.90 Å². The van der Waals surface area contributed by atoms with Crippen LogP contribution in [-0.2, 0) is 4.79 Å². The van der Waals surface area contributed by atoms with Gasteiger partial charge in [0, 0.05) is 7.05 Å². The van der Waals surface area contributed by atoms with Crippen molar-refractivity contribution in [3.8, 4) is 0 Å². The molecule has 0 heterocycles. The normalized spacial score (nSPS) is 12.6. The number of unbranched alkanes of at least 4 members (excludes halogenated alkanes) is 8. The third-order valence-electron chi connectivity index (χ3n) is 3.61. The first kappa shape index (κ1) is 24.9. The topological polar surface area (TPSA) is 99.2 Å². The Morgan fingerprint density at radius 3 is 2.09 bits per heavy atom. The molecule has 0 fully saturated rings. The minimum absolute atomic E-state index is 0. The minimum atomic E-state index is -0.978. The second-order valence-electron chi connectivity index (χ2n) is 5.83. The Morgan fingerprint density at radius 1 is 1.13 bits per heavy atom. The number of nitrogens with zero attached hydrogens (tertiary/aromatic N) is 2. The average Bonchev–Trinajstić information content (AvgIpc) is 2.44. The number of aliphatic hydroxyl groups is 1. The summed E-state index contributed by atoms with van der Waals surface area (Å²) in [5, 5.41) is 18.4. The first-order valence-corrected chi connectivity index (χ1v) is 8.41. The van der Waals surface area contributed by atoms with Crippen LogP contribution in [0, 0.1) is 0 Å². The van der Waals surface area contributed by atoms with E-state index in [-0.39, 0.29) is 43.5 Å². The maximum absolute atomic E-state index is 10.5. The van der Waals surface area contributed by atoms with Crippen molar-refractivity contribution in [2.75, 3.05) is 13.6 Å². The first-order valence-electron chi connectivity index (χ1n) is 8.41. The molecule has 6 nitrogen and oxygen atoms in total. The monoisotopic (exact) mass is 339 g/mol. The number of carbonyl (C=O) groups is 1. The molecule has 4 N–H and O–H groups in total. The van der Waals surface area contributed by atoms with Crippen LogP contribution in [0.1, 0.15) is 72.6 Å². The Balaban J connectivity index is -0.00000220. The van der Waals surface area contributed by atoms with Crippen molar-refractivity contribution < 1.29 is 46.0 Å². The summed E-state index contributed by atoms with van der Waals surface area (Å²) in [6.45, 7) is 2.00. The Hall–Kier alpha value is -0.300. The molecule has 0 saturated heterocycles. The number of hydrogen-bond acceptors (Lipinski definition) is 3. The van der Waals surface area contributed by atoms with Crippen LogP contribution in [0.2, 0.25) is 0 Å². The van der Waals surface area contributed by atoms with Gasteiger partial charge in [0.15, 0.2) is 5.96 Å². The number of carboxylic acid groups (broad SMARTS) is 1. The van der Waals surface area contributed by atoms with Crippen molar-refractivity contribution in [2.45, 2.75) is 77.4 Å². The third kappa shape index (κ3) is 16.3. The molecule has 7 heteroatoms. The van der Waals surface area contributed by atoms with E-state index in [4.69, 9.17) is 10.8 Å². The van der Waals surface area contributed by atoms with E-state index < -0.39 is 12.2 Å². The van der Waals surface area contributed by atoms with Gasteiger partial charge in [-0.25, -0.2) is 4.99 Å². The summed E-state index contributed by atoms with van der Waals surface area (Å²) >= 11 is 0. The van der Waals surface area contributed by atoms with Gasteiger partial charge < -0.3 is 22.3 Å². The Morgan fingerprint density at radius 2 is 1.61 bits per heavy atom. The number of rotatable bonds is 13. The van der Waals surface area contributed by atoms with Crippen molar-refractivity contribution in [1.29, 1.82) is 0 Å². The van der Waals surface area contributed by atoms with Crippen molar-refractivity contribution in [2.24, 2.45) is 10.7 Å². The van der Waals surface area contributed by atoms with Crippen LogP contribution < -0.4 is 35.3 Å². The SMILES string of the molecule is CCCCCCCCCCCC(O)N=C(N)N(C)CC(=O)O.[H-].[Na+]. The van der Waals surface area contributed by atoms with Gasteiger partial charge in [-0.2, -0.15) is 0 Å². The average molecular weight is 339 g/mol. The predicted molar refractivity (Wildman–Crippen MR) is 90.9 cm³/mol. The van der Waals surface area contributed by atoms with Gasteiger partial charge in [0.25, 0.3) is 0 Å². The summed E-state index contributed by atoms with van der Waals surface area (Å²) in [4.78, 5) is 15.8. The van der Waals surface area contributed by atoms with E-state index in [1.54, 1.807) is 0 Å². The predicted octanol–water partition coefficient (Wildman–Crippen LogP) is -0.327. The Labute approximate surface area is 164 Å². The molecule has 132 valence electrons. The first-order chi connectivity index (χ1) is 10.5. The zero-order chi connectivity index (χ0) is 16.8. The molecule has 1 unspecified atom stereocenters. The molecule has 1 atom stereocenters. The summed E-state index contributed by atoms with van der Waals surface area (Å²) in [5.41, 5.74) is 5.63. The number of carboxylic acids is 1.